The predicted octanol–water partition coefficient (Wildman–Crippen LogP) is 2.71. The average molecular weight is 461 g/mol. The molecule has 0 aromatic carbocycles. The van der Waals surface area contributed by atoms with Crippen LogP contribution in [0.3, 0.4) is 0 Å². The van der Waals surface area contributed by atoms with Crippen molar-refractivity contribution in [2.45, 2.75) is 20.4 Å². The number of nitrogens with two attached hydrogens (primary N) is 1. The fourth-order valence-corrected chi connectivity index (χ4v) is 3.01. The molecule has 3 rings (SSSR count). The van der Waals surface area contributed by atoms with E-state index in [0.29, 0.717) is 32.8 Å². The van der Waals surface area contributed by atoms with Crippen molar-refractivity contribution in [3.63, 3.8) is 0 Å². The maximum atomic E-state index is 6.02. The van der Waals surface area contributed by atoms with Crippen molar-refractivity contribution in [3.8, 4) is 17.4 Å². The van der Waals surface area contributed by atoms with Gasteiger partial charge in [-0.3, -0.25) is 0 Å². The van der Waals surface area contributed by atoms with Gasteiger partial charge in [-0.1, -0.05) is 30.7 Å². The number of nitrogen functional groups attached to an aromatic ring is 1. The molecule has 0 unspecified atom stereocenters. The molecule has 12 heteroatoms. The summed E-state index contributed by atoms with van der Waals surface area (Å²) < 4.78 is 18.0. The number of rotatable bonds is 5. The zero-order valence-electron chi connectivity index (χ0n) is 15.4. The zero-order chi connectivity index (χ0) is 20.1. The molecule has 0 saturated carbocycles. The summed E-state index contributed by atoms with van der Waals surface area (Å²) in [7, 11) is 4.51. The van der Waals surface area contributed by atoms with Gasteiger partial charge in [0.2, 0.25) is 11.7 Å². The Morgan fingerprint density at radius 2 is 1.70 bits per heavy atom. The third-order valence-electron chi connectivity index (χ3n) is 3.33. The quantitative estimate of drug-likeness (QED) is 0.572. The van der Waals surface area contributed by atoms with E-state index in [-0.39, 0.29) is 23.5 Å². The summed E-state index contributed by atoms with van der Waals surface area (Å²) in [6.45, 7) is 4.21. The summed E-state index contributed by atoms with van der Waals surface area (Å²) in [5.41, 5.74) is 6.95. The van der Waals surface area contributed by atoms with E-state index in [4.69, 9.17) is 31.5 Å². The van der Waals surface area contributed by atoms with Gasteiger partial charge >= 0.3 is 0 Å². The second kappa shape index (κ2) is 9.00. The molecule has 0 fully saturated rings. The highest BCUT2D eigenvalue weighted by Crippen LogP contribution is 2.42. The molecule has 0 aliphatic rings. The molecule has 10 nitrogen and oxygen atoms in total. The number of fused-ring (bicyclic) bond motifs is 1. The minimum absolute atomic E-state index is 0.0259. The van der Waals surface area contributed by atoms with E-state index >= 15 is 0 Å². The molecule has 0 aliphatic carbocycles. The molecular formula is C15H19BrClN7O3. The molecule has 2 N–H and O–H groups in total. The number of anilines is 1. The van der Waals surface area contributed by atoms with Crippen LogP contribution in [0.25, 0.3) is 11.2 Å². The number of ether oxygens (including phenoxy) is 3. The Balaban J connectivity index is 0.00000126. The number of hydrogen-bond acceptors (Lipinski definition) is 9. The van der Waals surface area contributed by atoms with Crippen LogP contribution in [0.1, 0.15) is 19.5 Å². The molecule has 3 aromatic heterocycles. The van der Waals surface area contributed by atoms with Crippen LogP contribution >= 0.6 is 27.5 Å². The van der Waals surface area contributed by atoms with Gasteiger partial charge in [-0.25, -0.2) is 9.67 Å². The van der Waals surface area contributed by atoms with E-state index < -0.39 is 0 Å². The van der Waals surface area contributed by atoms with Crippen LogP contribution in [0.4, 0.5) is 5.95 Å². The summed E-state index contributed by atoms with van der Waals surface area (Å²) in [4.78, 5) is 12.4. The first kappa shape index (κ1) is 20.9. The molecule has 0 radical (unpaired) electrons. The number of halogens is 2. The second-order valence-electron chi connectivity index (χ2n) is 4.74. The standard InChI is InChI=1S/C13H13BrClN7O3.C2H6/c1-23-8-6(14)5(17-12(25-3)9(8)24-2)4-22-11-7(20-21-22)10(15)18-13(16)19-11;1-2/h4H2,1-3H3,(H2,16,18,19);1-2H3. The van der Waals surface area contributed by atoms with Gasteiger partial charge in [0.1, 0.15) is 0 Å². The van der Waals surface area contributed by atoms with Crippen LogP contribution in [0.5, 0.6) is 17.4 Å². The Labute approximate surface area is 169 Å². The summed E-state index contributed by atoms with van der Waals surface area (Å²) in [5.74, 6) is 1.12. The third-order valence-corrected chi connectivity index (χ3v) is 4.41. The van der Waals surface area contributed by atoms with Crippen LogP contribution in [-0.4, -0.2) is 51.3 Å². The van der Waals surface area contributed by atoms with Crippen LogP contribution in [-0.2, 0) is 6.54 Å². The Bertz CT molecular complexity index is 951. The summed E-state index contributed by atoms with van der Waals surface area (Å²) >= 11 is 9.48. The molecule has 0 spiro atoms. The van der Waals surface area contributed by atoms with Crippen molar-refractivity contribution in [3.05, 3.63) is 15.3 Å². The van der Waals surface area contributed by atoms with Crippen LogP contribution in [0.15, 0.2) is 4.47 Å². The number of nitrogens with zero attached hydrogens (tertiary/aromatic N) is 6. The highest BCUT2D eigenvalue weighted by molar-refractivity contribution is 9.10. The molecule has 0 amide bonds. The van der Waals surface area contributed by atoms with Gasteiger partial charge in [0.05, 0.1) is 38.0 Å². The van der Waals surface area contributed by atoms with Crippen LogP contribution in [0.2, 0.25) is 5.15 Å². The minimum atomic E-state index is 0.0259. The third kappa shape index (κ3) is 3.98. The molecule has 0 bridgehead atoms. The minimum Gasteiger partial charge on any atom is -0.492 e. The Hall–Kier alpha value is -2.40. The first-order chi connectivity index (χ1) is 13.0. The molecule has 3 aromatic rings. The SMILES string of the molecule is CC.COc1nc(Cn2nnc3c(Cl)nc(N)nc32)c(Br)c(OC)c1OC. The van der Waals surface area contributed by atoms with E-state index in [1.54, 1.807) is 0 Å². The maximum Gasteiger partial charge on any atom is 0.261 e. The lowest BCUT2D eigenvalue weighted by molar-refractivity contribution is 0.312. The summed E-state index contributed by atoms with van der Waals surface area (Å²) in [6.07, 6.45) is 0. The first-order valence-corrected chi connectivity index (χ1v) is 9.03. The van der Waals surface area contributed by atoms with E-state index in [9.17, 15) is 0 Å². The van der Waals surface area contributed by atoms with Crippen molar-refractivity contribution in [2.24, 2.45) is 0 Å². The van der Waals surface area contributed by atoms with E-state index in [1.807, 2.05) is 13.8 Å². The summed E-state index contributed by atoms with van der Waals surface area (Å²) in [6, 6.07) is 0. The van der Waals surface area contributed by atoms with E-state index in [2.05, 4.69) is 41.2 Å². The Morgan fingerprint density at radius 1 is 1.04 bits per heavy atom. The number of aromatic nitrogens is 6. The number of methoxy groups -OCH3 is 3. The van der Waals surface area contributed by atoms with Crippen molar-refractivity contribution in [1.82, 2.24) is 29.9 Å². The monoisotopic (exact) mass is 459 g/mol. The summed E-state index contributed by atoms with van der Waals surface area (Å²) in [5, 5.41) is 8.14. The first-order valence-electron chi connectivity index (χ1n) is 7.86. The molecular weight excluding hydrogens is 442 g/mol. The van der Waals surface area contributed by atoms with Gasteiger partial charge in [0.25, 0.3) is 5.88 Å². The Morgan fingerprint density at radius 3 is 2.30 bits per heavy atom. The zero-order valence-corrected chi connectivity index (χ0v) is 17.8. The van der Waals surface area contributed by atoms with Gasteiger partial charge in [-0.05, 0) is 15.9 Å². The molecule has 27 heavy (non-hydrogen) atoms. The van der Waals surface area contributed by atoms with Gasteiger partial charge in [-0.15, -0.1) is 5.10 Å². The molecule has 0 saturated heterocycles. The number of pyridine rings is 1. The highest BCUT2D eigenvalue weighted by Gasteiger charge is 2.22. The predicted molar refractivity (Wildman–Crippen MR) is 105 cm³/mol. The molecule has 146 valence electrons. The van der Waals surface area contributed by atoms with Crippen molar-refractivity contribution >= 4 is 44.6 Å². The fourth-order valence-electron chi connectivity index (χ4n) is 2.24. The Kier molecular flexibility index (Phi) is 6.97. The average Bonchev–Trinajstić information content (AvgIpc) is 3.07. The normalized spacial score (nSPS) is 10.3. The van der Waals surface area contributed by atoms with Gasteiger partial charge in [0.15, 0.2) is 22.1 Å². The second-order valence-corrected chi connectivity index (χ2v) is 5.89. The van der Waals surface area contributed by atoms with Gasteiger partial charge in [-0.2, -0.15) is 9.97 Å². The molecule has 0 aliphatic heterocycles. The highest BCUT2D eigenvalue weighted by atomic mass is 79.9. The van der Waals surface area contributed by atoms with Crippen molar-refractivity contribution < 1.29 is 14.2 Å². The van der Waals surface area contributed by atoms with Crippen molar-refractivity contribution in [1.29, 1.82) is 0 Å². The van der Waals surface area contributed by atoms with E-state index in [0.717, 1.165) is 0 Å². The fraction of sp³-hybridized carbons (Fsp3) is 0.400. The van der Waals surface area contributed by atoms with E-state index in [1.165, 1.54) is 26.0 Å². The molecule has 0 atom stereocenters. The maximum absolute atomic E-state index is 6.02. The largest absolute Gasteiger partial charge is 0.492 e. The van der Waals surface area contributed by atoms with Crippen LogP contribution in [0, 0.1) is 0 Å². The van der Waals surface area contributed by atoms with Crippen LogP contribution < -0.4 is 19.9 Å². The van der Waals surface area contributed by atoms with Gasteiger partial charge < -0.3 is 19.9 Å². The van der Waals surface area contributed by atoms with Crippen molar-refractivity contribution in [2.75, 3.05) is 27.1 Å². The lowest BCUT2D eigenvalue weighted by Crippen LogP contribution is -2.09. The van der Waals surface area contributed by atoms with Gasteiger partial charge in [0, 0.05) is 0 Å². The topological polar surface area (TPSA) is 123 Å². The lowest BCUT2D eigenvalue weighted by Gasteiger charge is -2.15. The lowest BCUT2D eigenvalue weighted by atomic mass is 10.3. The molecule has 3 heterocycles. The smallest absolute Gasteiger partial charge is 0.261 e. The number of hydrogen-bond donors (Lipinski definition) is 1.